The van der Waals surface area contributed by atoms with E-state index >= 15 is 0 Å². The van der Waals surface area contributed by atoms with Crippen molar-refractivity contribution in [2.45, 2.75) is 32.7 Å². The van der Waals surface area contributed by atoms with E-state index in [-0.39, 0.29) is 17.9 Å². The Morgan fingerprint density at radius 3 is 2.53 bits per heavy atom. The number of hydrogen-bond acceptors (Lipinski definition) is 1. The quantitative estimate of drug-likeness (QED) is 0.803. The molecule has 2 atom stereocenters. The van der Waals surface area contributed by atoms with Gasteiger partial charge in [0.2, 0.25) is 5.91 Å². The van der Waals surface area contributed by atoms with Crippen LogP contribution in [0.1, 0.15) is 25.8 Å². The van der Waals surface area contributed by atoms with E-state index in [1.54, 1.807) is 0 Å². The molecule has 0 fully saturated rings. The molecule has 0 aromatic heterocycles. The molecule has 2 nitrogen and oxygen atoms in total. The zero-order valence-corrected chi connectivity index (χ0v) is 12.0. The molecule has 0 spiro atoms. The molecule has 0 aliphatic rings. The molecule has 2 unspecified atom stereocenters. The van der Waals surface area contributed by atoms with Crippen LogP contribution in [-0.4, -0.2) is 17.3 Å². The van der Waals surface area contributed by atoms with E-state index in [1.807, 2.05) is 32.0 Å². The van der Waals surface area contributed by atoms with Crippen molar-refractivity contribution in [1.29, 1.82) is 0 Å². The average molecular weight is 298 g/mol. The maximum absolute atomic E-state index is 11.8. The summed E-state index contributed by atoms with van der Waals surface area (Å²) in [7, 11) is 0. The highest BCUT2D eigenvalue weighted by Gasteiger charge is 2.15. The van der Waals surface area contributed by atoms with Crippen LogP contribution in [0.15, 0.2) is 30.3 Å². The molecule has 0 saturated heterocycles. The Labute approximate surface area is 112 Å². The highest BCUT2D eigenvalue weighted by Crippen LogP contribution is 2.07. The number of amides is 1. The zero-order valence-electron chi connectivity index (χ0n) is 10.4. The molecule has 0 heterocycles. The van der Waals surface area contributed by atoms with Crippen molar-refractivity contribution in [2.24, 2.45) is 5.92 Å². The van der Waals surface area contributed by atoms with Crippen LogP contribution in [0.5, 0.6) is 0 Å². The van der Waals surface area contributed by atoms with Gasteiger partial charge in [0.1, 0.15) is 0 Å². The first-order chi connectivity index (χ1) is 8.17. The lowest BCUT2D eigenvalue weighted by molar-refractivity contribution is -0.125. The Morgan fingerprint density at radius 1 is 1.35 bits per heavy atom. The number of rotatable bonds is 6. The third-order valence-corrected chi connectivity index (χ3v) is 3.70. The predicted molar refractivity (Wildman–Crippen MR) is 75.3 cm³/mol. The average Bonchev–Trinajstić information content (AvgIpc) is 2.38. The Morgan fingerprint density at radius 2 is 2.00 bits per heavy atom. The molecule has 0 bridgehead atoms. The number of hydrogen-bond donors (Lipinski definition) is 1. The maximum atomic E-state index is 11.8. The number of carbonyl (C=O) groups excluding carboxylic acids is 1. The summed E-state index contributed by atoms with van der Waals surface area (Å²) in [5.74, 6) is 0.236. The standard InChI is InChI=1S/C14H20BrNO/c1-3-11(2)14(17)16-13(10-15)9-12-7-5-4-6-8-12/h4-8,11,13H,3,9-10H2,1-2H3,(H,16,17). The molecule has 0 aliphatic heterocycles. The first-order valence-electron chi connectivity index (χ1n) is 6.07. The summed E-state index contributed by atoms with van der Waals surface area (Å²) >= 11 is 3.46. The van der Waals surface area contributed by atoms with Crippen LogP contribution in [-0.2, 0) is 11.2 Å². The van der Waals surface area contributed by atoms with Gasteiger partial charge in [-0.25, -0.2) is 0 Å². The summed E-state index contributed by atoms with van der Waals surface area (Å²) < 4.78 is 0. The zero-order chi connectivity index (χ0) is 12.7. The second-order valence-corrected chi connectivity index (χ2v) is 5.01. The van der Waals surface area contributed by atoms with E-state index in [9.17, 15) is 4.79 Å². The third-order valence-electron chi connectivity index (χ3n) is 2.92. The summed E-state index contributed by atoms with van der Waals surface area (Å²) in [4.78, 5) is 11.8. The molecule has 1 N–H and O–H groups in total. The molecule has 17 heavy (non-hydrogen) atoms. The van der Waals surface area contributed by atoms with Crippen molar-refractivity contribution in [3.63, 3.8) is 0 Å². The summed E-state index contributed by atoms with van der Waals surface area (Å²) in [5, 5.41) is 3.86. The van der Waals surface area contributed by atoms with Crippen LogP contribution in [0.3, 0.4) is 0 Å². The number of carbonyl (C=O) groups is 1. The molecule has 1 rings (SSSR count). The molecule has 0 radical (unpaired) electrons. The fourth-order valence-electron chi connectivity index (χ4n) is 1.57. The van der Waals surface area contributed by atoms with Crippen LogP contribution >= 0.6 is 15.9 Å². The van der Waals surface area contributed by atoms with Crippen molar-refractivity contribution in [1.82, 2.24) is 5.32 Å². The molecule has 1 aromatic carbocycles. The lowest BCUT2D eigenvalue weighted by Crippen LogP contribution is -2.40. The summed E-state index contributed by atoms with van der Waals surface area (Å²) in [6.07, 6.45) is 1.75. The van der Waals surface area contributed by atoms with Gasteiger partial charge >= 0.3 is 0 Å². The molecule has 1 amide bonds. The highest BCUT2D eigenvalue weighted by atomic mass is 79.9. The monoisotopic (exact) mass is 297 g/mol. The number of nitrogens with one attached hydrogen (secondary N) is 1. The summed E-state index contributed by atoms with van der Waals surface area (Å²) in [6, 6.07) is 10.4. The van der Waals surface area contributed by atoms with Crippen molar-refractivity contribution >= 4 is 21.8 Å². The van der Waals surface area contributed by atoms with Crippen molar-refractivity contribution < 1.29 is 4.79 Å². The van der Waals surface area contributed by atoms with Gasteiger partial charge in [0.05, 0.1) is 0 Å². The van der Waals surface area contributed by atoms with E-state index in [0.29, 0.717) is 0 Å². The maximum Gasteiger partial charge on any atom is 0.223 e. The second-order valence-electron chi connectivity index (χ2n) is 4.36. The minimum atomic E-state index is 0.0901. The van der Waals surface area contributed by atoms with Crippen LogP contribution in [0.4, 0.5) is 0 Å². The topological polar surface area (TPSA) is 29.1 Å². The number of alkyl halides is 1. The molecular weight excluding hydrogens is 278 g/mol. The molecule has 0 aliphatic carbocycles. The van der Waals surface area contributed by atoms with E-state index in [2.05, 4.69) is 33.4 Å². The lowest BCUT2D eigenvalue weighted by Gasteiger charge is -2.18. The van der Waals surface area contributed by atoms with Crippen LogP contribution in [0.25, 0.3) is 0 Å². The Bertz CT molecular complexity index is 339. The van der Waals surface area contributed by atoms with E-state index < -0.39 is 0 Å². The predicted octanol–water partition coefficient (Wildman–Crippen LogP) is 3.15. The van der Waals surface area contributed by atoms with Crippen LogP contribution < -0.4 is 5.32 Å². The van der Waals surface area contributed by atoms with Gasteiger partial charge in [-0.05, 0) is 18.4 Å². The minimum absolute atomic E-state index is 0.0901. The number of halogens is 1. The van der Waals surface area contributed by atoms with Gasteiger partial charge in [0, 0.05) is 17.3 Å². The van der Waals surface area contributed by atoms with Gasteiger partial charge in [-0.1, -0.05) is 60.1 Å². The van der Waals surface area contributed by atoms with Crippen molar-refractivity contribution in [3.05, 3.63) is 35.9 Å². The van der Waals surface area contributed by atoms with Crippen LogP contribution in [0.2, 0.25) is 0 Å². The van der Waals surface area contributed by atoms with Gasteiger partial charge in [-0.2, -0.15) is 0 Å². The largest absolute Gasteiger partial charge is 0.352 e. The Balaban J connectivity index is 2.52. The summed E-state index contributed by atoms with van der Waals surface area (Å²) in [6.45, 7) is 3.99. The van der Waals surface area contributed by atoms with Gasteiger partial charge < -0.3 is 5.32 Å². The van der Waals surface area contributed by atoms with Gasteiger partial charge in [0.15, 0.2) is 0 Å². The molecule has 3 heteroatoms. The highest BCUT2D eigenvalue weighted by molar-refractivity contribution is 9.09. The number of benzene rings is 1. The molecular formula is C14H20BrNO. The lowest BCUT2D eigenvalue weighted by atomic mass is 10.0. The van der Waals surface area contributed by atoms with Crippen molar-refractivity contribution in [3.8, 4) is 0 Å². The van der Waals surface area contributed by atoms with Crippen molar-refractivity contribution in [2.75, 3.05) is 5.33 Å². The van der Waals surface area contributed by atoms with Gasteiger partial charge in [0.25, 0.3) is 0 Å². The molecule has 1 aromatic rings. The minimum Gasteiger partial charge on any atom is -0.352 e. The summed E-state index contributed by atoms with van der Waals surface area (Å²) in [5.41, 5.74) is 1.25. The Kier molecular flexibility index (Phi) is 6.27. The van der Waals surface area contributed by atoms with E-state index in [1.165, 1.54) is 5.56 Å². The molecule has 0 saturated carbocycles. The SMILES string of the molecule is CCC(C)C(=O)NC(CBr)Cc1ccccc1. The second kappa shape index (κ2) is 7.49. The van der Waals surface area contributed by atoms with E-state index in [4.69, 9.17) is 0 Å². The van der Waals surface area contributed by atoms with Crippen LogP contribution in [0, 0.1) is 5.92 Å². The molecule has 94 valence electrons. The van der Waals surface area contributed by atoms with Gasteiger partial charge in [-0.3, -0.25) is 4.79 Å². The fourth-order valence-corrected chi connectivity index (χ4v) is 1.96. The third kappa shape index (κ3) is 4.90. The van der Waals surface area contributed by atoms with E-state index in [0.717, 1.165) is 18.2 Å². The smallest absolute Gasteiger partial charge is 0.223 e. The first kappa shape index (κ1) is 14.2. The Hall–Kier alpha value is -0.830. The first-order valence-corrected chi connectivity index (χ1v) is 7.19. The normalized spacial score (nSPS) is 14.1. The van der Waals surface area contributed by atoms with Gasteiger partial charge in [-0.15, -0.1) is 0 Å². The fraction of sp³-hybridized carbons (Fsp3) is 0.500.